The molecule has 0 bridgehead atoms. The van der Waals surface area contributed by atoms with Crippen LogP contribution in [-0.4, -0.2) is 31.7 Å². The number of halogens is 3. The quantitative estimate of drug-likeness (QED) is 0.197. The van der Waals surface area contributed by atoms with E-state index >= 15 is 0 Å². The second kappa shape index (κ2) is 11.6. The van der Waals surface area contributed by atoms with Gasteiger partial charge in [-0.05, 0) is 75.4 Å². The molecule has 0 saturated carbocycles. The van der Waals surface area contributed by atoms with Gasteiger partial charge >= 0.3 is 0 Å². The Morgan fingerprint density at radius 2 is 1.69 bits per heavy atom. The van der Waals surface area contributed by atoms with Crippen LogP contribution in [0.15, 0.2) is 82.8 Å². The molecule has 11 heteroatoms. The Morgan fingerprint density at radius 3 is 2.36 bits per heavy atom. The number of nitrogens with zero attached hydrogens (tertiary/aromatic N) is 3. The molecule has 0 aliphatic rings. The van der Waals surface area contributed by atoms with E-state index in [0.717, 1.165) is 51.1 Å². The van der Waals surface area contributed by atoms with Gasteiger partial charge < -0.3 is 4.57 Å². The van der Waals surface area contributed by atoms with Gasteiger partial charge in [0.25, 0.3) is 15.9 Å². The zero-order valence-electron chi connectivity index (χ0n) is 21.3. The minimum atomic E-state index is -4.18. The second-order valence-electron chi connectivity index (χ2n) is 8.83. The summed E-state index contributed by atoms with van der Waals surface area (Å²) in [5.41, 5.74) is 6.72. The first kappa shape index (κ1) is 28.4. The number of rotatable bonds is 8. The van der Waals surface area contributed by atoms with Crippen molar-refractivity contribution in [2.24, 2.45) is 5.10 Å². The standard InChI is InChI=1S/C28H25Cl2FN4O3S/c1-18-7-11-23(12-8-18)34(39(37,38)24-13-9-22(31)10-14-24)17-27(36)33-32-16-21-15-19(2)35(20(21)3)26-6-4-5-25(29)28(26)30/h4-16H,17H2,1-3H3,(H,33,36)/b32-16+. The van der Waals surface area contributed by atoms with Gasteiger partial charge in [-0.1, -0.05) is 47.0 Å². The Kier molecular flexibility index (Phi) is 8.44. The topological polar surface area (TPSA) is 83.8 Å². The summed E-state index contributed by atoms with van der Waals surface area (Å²) in [5.74, 6) is -1.23. The van der Waals surface area contributed by atoms with Gasteiger partial charge in [-0.3, -0.25) is 9.10 Å². The van der Waals surface area contributed by atoms with E-state index in [4.69, 9.17) is 23.2 Å². The van der Waals surface area contributed by atoms with E-state index in [-0.39, 0.29) is 10.6 Å². The number of hydrogen-bond donors (Lipinski definition) is 1. The molecule has 0 fully saturated rings. The van der Waals surface area contributed by atoms with Gasteiger partial charge in [0.15, 0.2) is 0 Å². The first-order valence-electron chi connectivity index (χ1n) is 11.8. The highest BCUT2D eigenvalue weighted by Gasteiger charge is 2.27. The van der Waals surface area contributed by atoms with Gasteiger partial charge in [-0.25, -0.2) is 18.2 Å². The maximum atomic E-state index is 13.4. The Morgan fingerprint density at radius 1 is 1.03 bits per heavy atom. The molecular weight excluding hydrogens is 562 g/mol. The average molecular weight is 588 g/mol. The summed E-state index contributed by atoms with van der Waals surface area (Å²) in [6.07, 6.45) is 1.47. The Labute approximate surface area is 236 Å². The fraction of sp³-hybridized carbons (Fsp3) is 0.143. The van der Waals surface area contributed by atoms with Crippen molar-refractivity contribution in [2.45, 2.75) is 25.7 Å². The van der Waals surface area contributed by atoms with E-state index in [1.165, 1.54) is 6.21 Å². The van der Waals surface area contributed by atoms with Gasteiger partial charge in [-0.15, -0.1) is 0 Å². The van der Waals surface area contributed by atoms with E-state index in [1.807, 2.05) is 37.5 Å². The highest BCUT2D eigenvalue weighted by atomic mass is 35.5. The van der Waals surface area contributed by atoms with E-state index < -0.39 is 28.3 Å². The number of hydrazone groups is 1. The van der Waals surface area contributed by atoms with Crippen LogP contribution < -0.4 is 9.73 Å². The summed E-state index contributed by atoms with van der Waals surface area (Å²) in [6.45, 7) is 5.10. The van der Waals surface area contributed by atoms with E-state index in [2.05, 4.69) is 10.5 Å². The molecular formula is C28H25Cl2FN4O3S. The molecule has 4 aromatic rings. The summed E-state index contributed by atoms with van der Waals surface area (Å²) in [6, 6.07) is 18.3. The molecule has 1 heterocycles. The molecule has 0 unspecified atom stereocenters. The molecule has 0 radical (unpaired) electrons. The smallest absolute Gasteiger partial charge is 0.264 e. The predicted molar refractivity (Wildman–Crippen MR) is 153 cm³/mol. The lowest BCUT2D eigenvalue weighted by Gasteiger charge is -2.23. The first-order valence-corrected chi connectivity index (χ1v) is 14.0. The third kappa shape index (κ3) is 6.16. The van der Waals surface area contributed by atoms with Crippen LogP contribution in [0.4, 0.5) is 10.1 Å². The average Bonchev–Trinajstić information content (AvgIpc) is 3.17. The van der Waals surface area contributed by atoms with Crippen molar-refractivity contribution in [3.63, 3.8) is 0 Å². The van der Waals surface area contributed by atoms with Crippen LogP contribution in [0.5, 0.6) is 0 Å². The number of nitrogens with one attached hydrogen (secondary N) is 1. The maximum Gasteiger partial charge on any atom is 0.264 e. The molecule has 0 spiro atoms. The summed E-state index contributed by atoms with van der Waals surface area (Å²) in [5, 5.41) is 4.89. The third-order valence-electron chi connectivity index (χ3n) is 6.05. The van der Waals surface area contributed by atoms with Crippen molar-refractivity contribution < 1.29 is 17.6 Å². The minimum Gasteiger partial charge on any atom is -0.316 e. The summed E-state index contributed by atoms with van der Waals surface area (Å²) < 4.78 is 43.1. The van der Waals surface area contributed by atoms with Gasteiger partial charge in [0.2, 0.25) is 0 Å². The molecule has 0 saturated heterocycles. The SMILES string of the molecule is Cc1ccc(N(CC(=O)N/N=C/c2cc(C)n(-c3cccc(Cl)c3Cl)c2C)S(=O)(=O)c2ccc(F)cc2)cc1. The number of aryl methyl sites for hydroxylation is 2. The number of carbonyl (C=O) groups excluding carboxylic acids is 1. The van der Waals surface area contributed by atoms with Crippen molar-refractivity contribution in [1.82, 2.24) is 9.99 Å². The zero-order chi connectivity index (χ0) is 28.3. The minimum absolute atomic E-state index is 0.145. The lowest BCUT2D eigenvalue weighted by Crippen LogP contribution is -2.39. The first-order chi connectivity index (χ1) is 18.5. The van der Waals surface area contributed by atoms with Crippen LogP contribution >= 0.6 is 23.2 Å². The summed E-state index contributed by atoms with van der Waals surface area (Å²) >= 11 is 12.6. The van der Waals surface area contributed by atoms with Crippen molar-refractivity contribution in [3.05, 3.63) is 111 Å². The van der Waals surface area contributed by atoms with Crippen molar-refractivity contribution in [3.8, 4) is 5.69 Å². The summed E-state index contributed by atoms with van der Waals surface area (Å²) in [7, 11) is -4.18. The Balaban J connectivity index is 1.56. The maximum absolute atomic E-state index is 13.4. The molecule has 1 aromatic heterocycles. The Bertz CT molecular complexity index is 1650. The summed E-state index contributed by atoms with van der Waals surface area (Å²) in [4.78, 5) is 12.7. The molecule has 1 amide bonds. The van der Waals surface area contributed by atoms with E-state index in [0.29, 0.717) is 15.7 Å². The van der Waals surface area contributed by atoms with Crippen LogP contribution in [0.2, 0.25) is 10.0 Å². The normalized spacial score (nSPS) is 11.6. The van der Waals surface area contributed by atoms with Crippen LogP contribution in [-0.2, 0) is 14.8 Å². The molecule has 1 N–H and O–H groups in total. The van der Waals surface area contributed by atoms with E-state index in [9.17, 15) is 17.6 Å². The van der Waals surface area contributed by atoms with Crippen molar-refractivity contribution in [2.75, 3.05) is 10.8 Å². The molecule has 3 aromatic carbocycles. The van der Waals surface area contributed by atoms with Crippen molar-refractivity contribution >= 4 is 51.0 Å². The Hall–Kier alpha value is -3.66. The second-order valence-corrected chi connectivity index (χ2v) is 11.5. The highest BCUT2D eigenvalue weighted by molar-refractivity contribution is 7.92. The number of aromatic nitrogens is 1. The van der Waals surface area contributed by atoms with Crippen LogP contribution in [0.25, 0.3) is 5.69 Å². The zero-order valence-corrected chi connectivity index (χ0v) is 23.6. The number of anilines is 1. The number of amides is 1. The number of carbonyl (C=O) groups is 1. The third-order valence-corrected chi connectivity index (χ3v) is 8.64. The lowest BCUT2D eigenvalue weighted by atomic mass is 10.2. The molecule has 4 rings (SSSR count). The van der Waals surface area contributed by atoms with Gasteiger partial charge in [-0.2, -0.15) is 5.10 Å². The predicted octanol–water partition coefficient (Wildman–Crippen LogP) is 6.19. The van der Waals surface area contributed by atoms with Gasteiger partial charge in [0.1, 0.15) is 12.4 Å². The van der Waals surface area contributed by atoms with Crippen LogP contribution in [0.1, 0.15) is 22.5 Å². The number of hydrogen-bond acceptors (Lipinski definition) is 4. The number of benzene rings is 3. The molecule has 39 heavy (non-hydrogen) atoms. The number of sulfonamides is 1. The fourth-order valence-corrected chi connectivity index (χ4v) is 5.85. The van der Waals surface area contributed by atoms with Crippen LogP contribution in [0.3, 0.4) is 0 Å². The van der Waals surface area contributed by atoms with E-state index in [1.54, 1.807) is 36.4 Å². The largest absolute Gasteiger partial charge is 0.316 e. The molecule has 0 atom stereocenters. The lowest BCUT2D eigenvalue weighted by molar-refractivity contribution is -0.119. The van der Waals surface area contributed by atoms with Crippen molar-refractivity contribution in [1.29, 1.82) is 0 Å². The van der Waals surface area contributed by atoms with Gasteiger partial charge in [0, 0.05) is 17.0 Å². The van der Waals surface area contributed by atoms with Crippen LogP contribution in [0, 0.1) is 26.6 Å². The molecule has 0 aliphatic carbocycles. The van der Waals surface area contributed by atoms with Gasteiger partial charge in [0.05, 0.1) is 32.5 Å². The molecule has 0 aliphatic heterocycles. The fourth-order valence-electron chi connectivity index (χ4n) is 4.05. The molecule has 202 valence electrons. The highest BCUT2D eigenvalue weighted by Crippen LogP contribution is 2.31. The monoisotopic (exact) mass is 586 g/mol. The molecule has 7 nitrogen and oxygen atoms in total.